The number of carboxylic acid groups (broad SMARTS) is 1. The minimum Gasteiger partial charge on any atom is -0.477 e. The summed E-state index contributed by atoms with van der Waals surface area (Å²) in [6.07, 6.45) is 3.19. The predicted octanol–water partition coefficient (Wildman–Crippen LogP) is 2.07. The molecular weight excluding hydrogens is 326 g/mol. The van der Waals surface area contributed by atoms with E-state index in [0.717, 1.165) is 5.69 Å². The minimum atomic E-state index is -1.06. The lowest BCUT2D eigenvalue weighted by atomic mass is 10.2. The number of rotatable bonds is 3. The highest BCUT2D eigenvalue weighted by Gasteiger charge is 2.17. The molecule has 8 heteroatoms. The first-order valence-corrected chi connectivity index (χ1v) is 6.71. The number of carboxylic acids is 1. The number of fused-ring (bicyclic) bond motifs is 1. The second-order valence-electron chi connectivity index (χ2n) is 4.09. The first kappa shape index (κ1) is 12.8. The third kappa shape index (κ3) is 1.88. The van der Waals surface area contributed by atoms with Gasteiger partial charge in [0.25, 0.3) is 0 Å². The van der Waals surface area contributed by atoms with Crippen molar-refractivity contribution in [2.45, 2.75) is 13.5 Å². The van der Waals surface area contributed by atoms with Crippen LogP contribution in [0.25, 0.3) is 17.0 Å². The number of hydrogen-bond donors (Lipinski definition) is 1. The van der Waals surface area contributed by atoms with Gasteiger partial charge in [0, 0.05) is 12.7 Å². The number of hydrogen-bond acceptors (Lipinski definition) is 4. The van der Waals surface area contributed by atoms with Crippen LogP contribution < -0.4 is 0 Å². The molecule has 0 atom stereocenters. The SMILES string of the molecule is CCn1nccc1-c1cc(C(=O)O)n2ncc(Br)c2n1. The van der Waals surface area contributed by atoms with E-state index in [9.17, 15) is 9.90 Å². The molecule has 1 N–H and O–H groups in total. The van der Waals surface area contributed by atoms with Crippen LogP contribution in [0.4, 0.5) is 0 Å². The van der Waals surface area contributed by atoms with Gasteiger partial charge >= 0.3 is 5.97 Å². The van der Waals surface area contributed by atoms with Gasteiger partial charge < -0.3 is 5.11 Å². The molecule has 0 fully saturated rings. The molecule has 0 unspecified atom stereocenters. The zero-order valence-electron chi connectivity index (χ0n) is 10.5. The van der Waals surface area contributed by atoms with Gasteiger partial charge in [0.2, 0.25) is 0 Å². The maximum Gasteiger partial charge on any atom is 0.354 e. The summed E-state index contributed by atoms with van der Waals surface area (Å²) in [6, 6.07) is 3.30. The van der Waals surface area contributed by atoms with Gasteiger partial charge in [0.15, 0.2) is 11.3 Å². The molecule has 3 aromatic heterocycles. The highest BCUT2D eigenvalue weighted by molar-refractivity contribution is 9.10. The summed E-state index contributed by atoms with van der Waals surface area (Å²) >= 11 is 3.32. The molecule has 0 spiro atoms. The highest BCUT2D eigenvalue weighted by Crippen LogP contribution is 2.23. The van der Waals surface area contributed by atoms with E-state index in [0.29, 0.717) is 22.4 Å². The summed E-state index contributed by atoms with van der Waals surface area (Å²) in [5, 5.41) is 17.5. The third-order valence-corrected chi connectivity index (χ3v) is 3.49. The van der Waals surface area contributed by atoms with E-state index in [1.165, 1.54) is 16.8 Å². The molecule has 7 nitrogen and oxygen atoms in total. The molecule has 0 radical (unpaired) electrons. The van der Waals surface area contributed by atoms with Crippen LogP contribution in [0.3, 0.4) is 0 Å². The fourth-order valence-electron chi connectivity index (χ4n) is 2.02. The van der Waals surface area contributed by atoms with E-state index in [-0.39, 0.29) is 5.69 Å². The summed E-state index contributed by atoms with van der Waals surface area (Å²) in [5.74, 6) is -1.06. The standard InChI is InChI=1S/C12H10BrN5O2/c1-2-17-9(3-4-14-17)8-5-10(12(19)20)18-11(16-8)7(13)6-15-18/h3-6H,2H2,1H3,(H,19,20). The molecule has 3 heterocycles. The van der Waals surface area contributed by atoms with Gasteiger partial charge in [-0.3, -0.25) is 4.68 Å². The molecule has 3 rings (SSSR count). The Labute approximate surface area is 122 Å². The second-order valence-corrected chi connectivity index (χ2v) is 4.95. The predicted molar refractivity (Wildman–Crippen MR) is 74.5 cm³/mol. The molecule has 102 valence electrons. The smallest absolute Gasteiger partial charge is 0.354 e. The molecule has 0 bridgehead atoms. The number of aryl methyl sites for hydroxylation is 1. The molecule has 0 saturated carbocycles. The van der Waals surface area contributed by atoms with Crippen molar-refractivity contribution in [3.05, 3.63) is 34.7 Å². The lowest BCUT2D eigenvalue weighted by Gasteiger charge is -2.07. The van der Waals surface area contributed by atoms with Gasteiger partial charge in [-0.05, 0) is 35.0 Å². The second kappa shape index (κ2) is 4.71. The Bertz CT molecular complexity index is 807. The van der Waals surface area contributed by atoms with E-state index in [2.05, 4.69) is 31.1 Å². The molecule has 0 aliphatic carbocycles. The Morgan fingerprint density at radius 1 is 1.45 bits per heavy atom. The first-order chi connectivity index (χ1) is 9.61. The van der Waals surface area contributed by atoms with Crippen LogP contribution in [0, 0.1) is 0 Å². The van der Waals surface area contributed by atoms with Crippen molar-refractivity contribution in [1.29, 1.82) is 0 Å². The van der Waals surface area contributed by atoms with Crippen LogP contribution in [0.15, 0.2) is 29.0 Å². The molecule has 0 aliphatic rings. The Hall–Kier alpha value is -2.22. The summed E-state index contributed by atoms with van der Waals surface area (Å²) in [4.78, 5) is 15.8. The Morgan fingerprint density at radius 2 is 2.25 bits per heavy atom. The Kier molecular flexibility index (Phi) is 3.01. The summed E-state index contributed by atoms with van der Waals surface area (Å²) in [7, 11) is 0. The molecule has 20 heavy (non-hydrogen) atoms. The topological polar surface area (TPSA) is 85.3 Å². The maximum atomic E-state index is 11.4. The average Bonchev–Trinajstić information content (AvgIpc) is 3.04. The van der Waals surface area contributed by atoms with Gasteiger partial charge in [0.1, 0.15) is 0 Å². The van der Waals surface area contributed by atoms with E-state index < -0.39 is 5.97 Å². The first-order valence-electron chi connectivity index (χ1n) is 5.91. The number of halogens is 1. The molecule has 0 amide bonds. The molecule has 3 aromatic rings. The van der Waals surface area contributed by atoms with Crippen LogP contribution in [0.2, 0.25) is 0 Å². The van der Waals surface area contributed by atoms with Crippen molar-refractivity contribution in [2.24, 2.45) is 0 Å². The zero-order valence-corrected chi connectivity index (χ0v) is 12.1. The van der Waals surface area contributed by atoms with Crippen LogP contribution in [0.5, 0.6) is 0 Å². The van der Waals surface area contributed by atoms with Crippen molar-refractivity contribution in [2.75, 3.05) is 0 Å². The summed E-state index contributed by atoms with van der Waals surface area (Å²) in [6.45, 7) is 2.64. The van der Waals surface area contributed by atoms with Gasteiger partial charge in [-0.2, -0.15) is 10.2 Å². The van der Waals surface area contributed by atoms with Crippen molar-refractivity contribution >= 4 is 27.5 Å². The largest absolute Gasteiger partial charge is 0.477 e. The van der Waals surface area contributed by atoms with Crippen LogP contribution in [-0.4, -0.2) is 35.5 Å². The van der Waals surface area contributed by atoms with E-state index >= 15 is 0 Å². The Balaban J connectivity index is 2.32. The number of nitrogens with zero attached hydrogens (tertiary/aromatic N) is 5. The van der Waals surface area contributed by atoms with E-state index in [1.807, 2.05) is 6.92 Å². The molecule has 0 aliphatic heterocycles. The van der Waals surface area contributed by atoms with E-state index in [4.69, 9.17) is 0 Å². The van der Waals surface area contributed by atoms with Gasteiger partial charge in [-0.25, -0.2) is 14.3 Å². The molecular formula is C12H10BrN5O2. The summed E-state index contributed by atoms with van der Waals surface area (Å²) < 4.78 is 3.70. The van der Waals surface area contributed by atoms with Crippen LogP contribution in [-0.2, 0) is 6.54 Å². The number of carbonyl (C=O) groups is 1. The maximum absolute atomic E-state index is 11.4. The number of aromatic carboxylic acids is 1. The van der Waals surface area contributed by atoms with Crippen molar-refractivity contribution in [1.82, 2.24) is 24.4 Å². The fourth-order valence-corrected chi connectivity index (χ4v) is 2.37. The number of aromatic nitrogens is 5. The summed E-state index contributed by atoms with van der Waals surface area (Å²) in [5.41, 5.74) is 1.84. The average molecular weight is 336 g/mol. The Morgan fingerprint density at radius 3 is 2.95 bits per heavy atom. The highest BCUT2D eigenvalue weighted by atomic mass is 79.9. The van der Waals surface area contributed by atoms with Crippen LogP contribution in [0.1, 0.15) is 17.4 Å². The van der Waals surface area contributed by atoms with Gasteiger partial charge in [0.05, 0.1) is 22.1 Å². The van der Waals surface area contributed by atoms with E-state index in [1.54, 1.807) is 16.9 Å². The van der Waals surface area contributed by atoms with Gasteiger partial charge in [-0.1, -0.05) is 0 Å². The van der Waals surface area contributed by atoms with Crippen LogP contribution >= 0.6 is 15.9 Å². The third-order valence-electron chi connectivity index (χ3n) is 2.93. The lowest BCUT2D eigenvalue weighted by molar-refractivity contribution is 0.0687. The van der Waals surface area contributed by atoms with Crippen molar-refractivity contribution in [3.8, 4) is 11.4 Å². The lowest BCUT2D eigenvalue weighted by Crippen LogP contribution is -2.09. The quantitative estimate of drug-likeness (QED) is 0.791. The monoisotopic (exact) mass is 335 g/mol. The fraction of sp³-hybridized carbons (Fsp3) is 0.167. The minimum absolute atomic E-state index is 0.0551. The van der Waals surface area contributed by atoms with Crippen molar-refractivity contribution < 1.29 is 9.90 Å². The normalized spacial score (nSPS) is 11.1. The molecule has 0 aromatic carbocycles. The van der Waals surface area contributed by atoms with Gasteiger partial charge in [-0.15, -0.1) is 0 Å². The van der Waals surface area contributed by atoms with Crippen molar-refractivity contribution in [3.63, 3.8) is 0 Å². The molecule has 0 saturated heterocycles. The zero-order chi connectivity index (χ0) is 14.3.